The molecular formula is C18H13F3N6O2S. The molecule has 2 aromatic heterocycles. The Hall–Kier alpha value is -3.41. The van der Waals surface area contributed by atoms with E-state index >= 15 is 0 Å². The maximum Gasteiger partial charge on any atom is 0.573 e. The minimum absolute atomic E-state index is 0.156. The van der Waals surface area contributed by atoms with Gasteiger partial charge in [-0.15, -0.1) is 18.3 Å². The Kier molecular flexibility index (Phi) is 5.16. The third-order valence-electron chi connectivity index (χ3n) is 4.16. The molecule has 154 valence electrons. The Balaban J connectivity index is 1.56. The highest BCUT2D eigenvalue weighted by Gasteiger charge is 2.31. The zero-order valence-electron chi connectivity index (χ0n) is 15.4. The van der Waals surface area contributed by atoms with Crippen molar-refractivity contribution in [2.24, 2.45) is 7.05 Å². The van der Waals surface area contributed by atoms with Crippen molar-refractivity contribution in [2.45, 2.75) is 17.3 Å². The van der Waals surface area contributed by atoms with E-state index in [0.29, 0.717) is 33.3 Å². The van der Waals surface area contributed by atoms with Crippen molar-refractivity contribution in [1.29, 1.82) is 0 Å². The Morgan fingerprint density at radius 1 is 1.10 bits per heavy atom. The molecule has 0 aliphatic heterocycles. The van der Waals surface area contributed by atoms with E-state index in [4.69, 9.17) is 0 Å². The minimum Gasteiger partial charge on any atom is -0.406 e. The summed E-state index contributed by atoms with van der Waals surface area (Å²) < 4.78 is 43.6. The molecule has 30 heavy (non-hydrogen) atoms. The predicted octanol–water partition coefficient (Wildman–Crippen LogP) is 3.10. The van der Waals surface area contributed by atoms with Crippen LogP contribution in [0.1, 0.15) is 5.82 Å². The molecule has 4 rings (SSSR count). The van der Waals surface area contributed by atoms with Gasteiger partial charge in [-0.2, -0.15) is 4.68 Å². The third kappa shape index (κ3) is 4.13. The van der Waals surface area contributed by atoms with Gasteiger partial charge in [0.15, 0.2) is 0 Å². The fraction of sp³-hybridized carbons (Fsp3) is 0.167. The molecule has 2 aromatic carbocycles. The molecule has 0 saturated carbocycles. The zero-order valence-corrected chi connectivity index (χ0v) is 16.2. The summed E-state index contributed by atoms with van der Waals surface area (Å²) in [6.07, 6.45) is -4.76. The number of ether oxygens (including phenoxy) is 1. The highest BCUT2D eigenvalue weighted by atomic mass is 32.2. The Morgan fingerprint density at radius 2 is 1.83 bits per heavy atom. The van der Waals surface area contributed by atoms with Gasteiger partial charge in [-0.25, -0.2) is 4.98 Å². The third-order valence-corrected chi connectivity index (χ3v) is 5.08. The van der Waals surface area contributed by atoms with E-state index in [0.717, 1.165) is 0 Å². The van der Waals surface area contributed by atoms with Gasteiger partial charge in [0.1, 0.15) is 11.6 Å². The van der Waals surface area contributed by atoms with Crippen LogP contribution in [0.3, 0.4) is 0 Å². The van der Waals surface area contributed by atoms with Crippen LogP contribution in [0.15, 0.2) is 58.5 Å². The predicted molar refractivity (Wildman–Crippen MR) is 102 cm³/mol. The van der Waals surface area contributed by atoms with Crippen molar-refractivity contribution in [3.8, 4) is 11.4 Å². The van der Waals surface area contributed by atoms with Crippen LogP contribution >= 0.6 is 11.8 Å². The van der Waals surface area contributed by atoms with Gasteiger partial charge in [-0.1, -0.05) is 23.9 Å². The first-order chi connectivity index (χ1) is 14.3. The Labute approximate surface area is 171 Å². The van der Waals surface area contributed by atoms with Crippen LogP contribution in [0.2, 0.25) is 0 Å². The summed E-state index contributed by atoms with van der Waals surface area (Å²) in [5.74, 6) is 0.503. The van der Waals surface area contributed by atoms with Gasteiger partial charge < -0.3 is 4.74 Å². The summed E-state index contributed by atoms with van der Waals surface area (Å²) in [5.41, 5.74) is 0.893. The molecule has 0 saturated heterocycles. The van der Waals surface area contributed by atoms with Crippen molar-refractivity contribution in [3.63, 3.8) is 0 Å². The summed E-state index contributed by atoms with van der Waals surface area (Å²) in [6.45, 7) is 0. The Bertz CT molecular complexity index is 1250. The number of thioether (sulfide) groups is 1. The van der Waals surface area contributed by atoms with Gasteiger partial charge in [0.25, 0.3) is 5.56 Å². The van der Waals surface area contributed by atoms with E-state index in [1.165, 1.54) is 45.3 Å². The lowest BCUT2D eigenvalue weighted by Gasteiger charge is -2.10. The highest BCUT2D eigenvalue weighted by Crippen LogP contribution is 2.26. The maximum atomic E-state index is 12.5. The molecule has 12 heteroatoms. The number of halogens is 3. The van der Waals surface area contributed by atoms with E-state index in [-0.39, 0.29) is 11.3 Å². The van der Waals surface area contributed by atoms with E-state index < -0.39 is 6.36 Å². The van der Waals surface area contributed by atoms with Gasteiger partial charge >= 0.3 is 6.36 Å². The molecular weight excluding hydrogens is 421 g/mol. The molecule has 0 spiro atoms. The number of para-hydroxylation sites is 1. The van der Waals surface area contributed by atoms with Crippen LogP contribution in [0.5, 0.6) is 5.75 Å². The highest BCUT2D eigenvalue weighted by molar-refractivity contribution is 7.98. The fourth-order valence-electron chi connectivity index (χ4n) is 2.74. The standard InChI is InChI=1S/C18H13F3N6O2S/c1-26-15(22-14-5-3-2-4-13(14)16(26)28)10-30-17-23-24-25-27(17)11-6-8-12(9-7-11)29-18(19,20)21/h2-9H,10H2,1H3. The second kappa shape index (κ2) is 7.78. The summed E-state index contributed by atoms with van der Waals surface area (Å²) >= 11 is 1.24. The van der Waals surface area contributed by atoms with E-state index in [1.54, 1.807) is 31.3 Å². The van der Waals surface area contributed by atoms with Gasteiger partial charge in [0, 0.05) is 7.05 Å². The van der Waals surface area contributed by atoms with Crippen molar-refractivity contribution >= 4 is 22.7 Å². The first-order valence-corrected chi connectivity index (χ1v) is 9.52. The van der Waals surface area contributed by atoms with Gasteiger partial charge in [0.2, 0.25) is 5.16 Å². The molecule has 0 aliphatic carbocycles. The molecule has 0 unspecified atom stereocenters. The molecule has 0 N–H and O–H groups in total. The molecule has 0 radical (unpaired) electrons. The average Bonchev–Trinajstić information content (AvgIpc) is 3.18. The van der Waals surface area contributed by atoms with Gasteiger partial charge in [-0.3, -0.25) is 9.36 Å². The van der Waals surface area contributed by atoms with Crippen LogP contribution in [-0.2, 0) is 12.8 Å². The molecule has 0 aliphatic rings. The second-order valence-electron chi connectivity index (χ2n) is 6.11. The fourth-order valence-corrected chi connectivity index (χ4v) is 3.62. The summed E-state index contributed by atoms with van der Waals surface area (Å²) in [7, 11) is 1.64. The lowest BCUT2D eigenvalue weighted by molar-refractivity contribution is -0.274. The second-order valence-corrected chi connectivity index (χ2v) is 7.06. The lowest BCUT2D eigenvalue weighted by atomic mass is 10.2. The molecule has 0 amide bonds. The molecule has 0 fully saturated rings. The van der Waals surface area contributed by atoms with Crippen LogP contribution < -0.4 is 10.3 Å². The number of fused-ring (bicyclic) bond motifs is 1. The van der Waals surface area contributed by atoms with Crippen molar-refractivity contribution in [2.75, 3.05) is 0 Å². The normalized spacial score (nSPS) is 11.7. The number of benzene rings is 2. The molecule has 2 heterocycles. The number of tetrazole rings is 1. The van der Waals surface area contributed by atoms with Crippen LogP contribution in [0.25, 0.3) is 16.6 Å². The van der Waals surface area contributed by atoms with Crippen LogP contribution in [-0.4, -0.2) is 36.1 Å². The largest absolute Gasteiger partial charge is 0.573 e. The minimum atomic E-state index is -4.76. The van der Waals surface area contributed by atoms with E-state index in [1.807, 2.05) is 0 Å². The SMILES string of the molecule is Cn1c(CSc2nnnn2-c2ccc(OC(F)(F)F)cc2)nc2ccccc2c1=O. The molecule has 0 atom stereocenters. The quantitative estimate of drug-likeness (QED) is 0.446. The Morgan fingerprint density at radius 3 is 2.57 bits per heavy atom. The summed E-state index contributed by atoms with van der Waals surface area (Å²) in [5, 5.41) is 12.4. The monoisotopic (exact) mass is 434 g/mol. The first-order valence-electron chi connectivity index (χ1n) is 8.54. The van der Waals surface area contributed by atoms with E-state index in [2.05, 4.69) is 25.2 Å². The number of alkyl halides is 3. The van der Waals surface area contributed by atoms with Crippen LogP contribution in [0.4, 0.5) is 13.2 Å². The van der Waals surface area contributed by atoms with Crippen LogP contribution in [0, 0.1) is 0 Å². The number of aromatic nitrogens is 6. The smallest absolute Gasteiger partial charge is 0.406 e. The number of hydrogen-bond acceptors (Lipinski definition) is 7. The number of rotatable bonds is 5. The molecule has 4 aromatic rings. The first kappa shape index (κ1) is 19.9. The molecule has 8 nitrogen and oxygen atoms in total. The van der Waals surface area contributed by atoms with Gasteiger partial charge in [-0.05, 0) is 46.8 Å². The number of nitrogens with zero attached hydrogens (tertiary/aromatic N) is 6. The van der Waals surface area contributed by atoms with Crippen molar-refractivity contribution in [3.05, 3.63) is 64.7 Å². The van der Waals surface area contributed by atoms with Crippen molar-refractivity contribution in [1.82, 2.24) is 29.8 Å². The number of hydrogen-bond donors (Lipinski definition) is 0. The average molecular weight is 434 g/mol. The maximum absolute atomic E-state index is 12.5. The lowest BCUT2D eigenvalue weighted by Crippen LogP contribution is -2.22. The van der Waals surface area contributed by atoms with Crippen molar-refractivity contribution < 1.29 is 17.9 Å². The topological polar surface area (TPSA) is 87.7 Å². The zero-order chi connectivity index (χ0) is 21.3. The molecule has 0 bridgehead atoms. The summed E-state index contributed by atoms with van der Waals surface area (Å²) in [6, 6.07) is 12.2. The van der Waals surface area contributed by atoms with E-state index in [9.17, 15) is 18.0 Å². The van der Waals surface area contributed by atoms with Gasteiger partial charge in [0.05, 0.1) is 22.3 Å². The summed E-state index contributed by atoms with van der Waals surface area (Å²) in [4.78, 5) is 17.0.